The summed E-state index contributed by atoms with van der Waals surface area (Å²) >= 11 is 7.60. The van der Waals surface area contributed by atoms with Gasteiger partial charge in [0, 0.05) is 16.2 Å². The predicted molar refractivity (Wildman–Crippen MR) is 70.5 cm³/mol. The Balaban J connectivity index is 2.47. The van der Waals surface area contributed by atoms with Crippen molar-refractivity contribution in [2.75, 3.05) is 0 Å². The third kappa shape index (κ3) is 0.827. The molecule has 4 rings (SSSR count). The van der Waals surface area contributed by atoms with Gasteiger partial charge in [-0.05, 0) is 22.9 Å². The molecule has 0 unspecified atom stereocenters. The average Bonchev–Trinajstić information content (AvgIpc) is 2.77. The van der Waals surface area contributed by atoms with Crippen molar-refractivity contribution in [2.24, 2.45) is 0 Å². The van der Waals surface area contributed by atoms with Crippen LogP contribution in [0.15, 0.2) is 22.9 Å². The highest BCUT2D eigenvalue weighted by molar-refractivity contribution is 7.53. The minimum atomic E-state index is 1.46. The second-order valence-corrected chi connectivity index (χ2v) is 7.76. The molecule has 0 atom stereocenters. The van der Waals surface area contributed by atoms with Gasteiger partial charge >= 0.3 is 0 Å². The van der Waals surface area contributed by atoms with E-state index in [-0.39, 0.29) is 0 Å². The first-order valence-corrected chi connectivity index (χ1v) is 7.58. The van der Waals surface area contributed by atoms with Crippen molar-refractivity contribution in [2.45, 2.75) is 0 Å². The molecule has 0 fully saturated rings. The van der Waals surface area contributed by atoms with Gasteiger partial charge in [0.1, 0.15) is 0 Å². The molecule has 0 aliphatic rings. The van der Waals surface area contributed by atoms with E-state index in [0.717, 1.165) is 0 Å². The molecule has 0 spiro atoms. The number of hydrogen-bond donors (Lipinski definition) is 0. The summed E-state index contributed by atoms with van der Waals surface area (Å²) in [6.45, 7) is 0. The Morgan fingerprint density at radius 3 is 1.86 bits per heavy atom. The van der Waals surface area contributed by atoms with Gasteiger partial charge in [-0.25, -0.2) is 0 Å². The number of hydrogen-bond acceptors (Lipinski definition) is 4. The zero-order valence-corrected chi connectivity index (χ0v) is 10.2. The van der Waals surface area contributed by atoms with E-state index >= 15 is 0 Å². The standard InChI is InChI=1S/C10H4S4/c1-3-11-8-5(1)7-6-2-4-12-9(6)14-10(7)13-8/h1-4H. The lowest BCUT2D eigenvalue weighted by molar-refractivity contribution is 2.17. The van der Waals surface area contributed by atoms with Gasteiger partial charge in [0.2, 0.25) is 0 Å². The summed E-state index contributed by atoms with van der Waals surface area (Å²) in [7, 11) is 0. The maximum absolute atomic E-state index is 2.25. The summed E-state index contributed by atoms with van der Waals surface area (Å²) in [6, 6.07) is 4.51. The Hall–Kier alpha value is -0.420. The van der Waals surface area contributed by atoms with Gasteiger partial charge in [0.25, 0.3) is 0 Å². The molecule has 14 heavy (non-hydrogen) atoms. The molecule has 0 aliphatic heterocycles. The smallest absolute Gasteiger partial charge is 0.0907 e. The van der Waals surface area contributed by atoms with Gasteiger partial charge in [-0.1, -0.05) is 0 Å². The van der Waals surface area contributed by atoms with E-state index < -0.39 is 0 Å². The SMILES string of the molecule is c1cc2c(s1)sc1sc3sccc3c12. The molecule has 0 radical (unpaired) electrons. The van der Waals surface area contributed by atoms with E-state index in [0.29, 0.717) is 0 Å². The van der Waals surface area contributed by atoms with Gasteiger partial charge in [0.15, 0.2) is 0 Å². The molecule has 0 aromatic carbocycles. The van der Waals surface area contributed by atoms with E-state index in [1.165, 1.54) is 28.2 Å². The Morgan fingerprint density at radius 2 is 1.29 bits per heavy atom. The molecular formula is C10H4S4. The van der Waals surface area contributed by atoms with Crippen LogP contribution in [0.25, 0.3) is 28.2 Å². The second-order valence-electron chi connectivity index (χ2n) is 3.11. The molecule has 0 N–H and O–H groups in total. The van der Waals surface area contributed by atoms with Gasteiger partial charge in [-0.15, -0.1) is 45.3 Å². The minimum Gasteiger partial charge on any atom is -0.133 e. The highest BCUT2D eigenvalue weighted by Crippen LogP contribution is 2.47. The lowest BCUT2D eigenvalue weighted by atomic mass is 10.2. The van der Waals surface area contributed by atoms with Crippen molar-refractivity contribution in [3.63, 3.8) is 0 Å². The second kappa shape index (κ2) is 2.58. The molecule has 4 aromatic rings. The lowest BCUT2D eigenvalue weighted by Gasteiger charge is -1.78. The van der Waals surface area contributed by atoms with Crippen LogP contribution in [-0.4, -0.2) is 0 Å². The minimum absolute atomic E-state index is 1.46. The average molecular weight is 252 g/mol. The number of fused-ring (bicyclic) bond motifs is 5. The Labute approximate surface area is 96.0 Å². The maximum Gasteiger partial charge on any atom is 0.0907 e. The maximum atomic E-state index is 2.25. The predicted octanol–water partition coefficient (Wildman–Crippen LogP) is 5.39. The number of thiophene rings is 4. The molecular weight excluding hydrogens is 248 g/mol. The first-order valence-electron chi connectivity index (χ1n) is 4.19. The Kier molecular flexibility index (Phi) is 1.44. The van der Waals surface area contributed by atoms with E-state index in [2.05, 4.69) is 22.9 Å². The molecule has 0 nitrogen and oxygen atoms in total. The number of rotatable bonds is 0. The molecule has 4 heterocycles. The summed E-state index contributed by atoms with van der Waals surface area (Å²) < 4.78 is 4.44. The van der Waals surface area contributed by atoms with Crippen molar-refractivity contribution < 1.29 is 0 Å². The third-order valence-corrected chi connectivity index (χ3v) is 6.95. The van der Waals surface area contributed by atoms with Crippen LogP contribution in [0, 0.1) is 0 Å². The molecule has 68 valence electrons. The molecule has 0 saturated carbocycles. The normalized spacial score (nSPS) is 12.3. The zero-order valence-electron chi connectivity index (χ0n) is 6.94. The van der Waals surface area contributed by atoms with Crippen molar-refractivity contribution >= 4 is 73.5 Å². The summed E-state index contributed by atoms with van der Waals surface area (Å²) in [4.78, 5) is 0. The van der Waals surface area contributed by atoms with Crippen LogP contribution in [0.4, 0.5) is 0 Å². The zero-order chi connectivity index (χ0) is 9.12. The van der Waals surface area contributed by atoms with E-state index in [1.54, 1.807) is 0 Å². The first-order chi connectivity index (χ1) is 6.93. The van der Waals surface area contributed by atoms with Crippen LogP contribution < -0.4 is 0 Å². The van der Waals surface area contributed by atoms with Gasteiger partial charge in [0.05, 0.1) is 12.0 Å². The Bertz CT molecular complexity index is 674. The fourth-order valence-corrected chi connectivity index (χ4v) is 6.77. The molecule has 4 heteroatoms. The van der Waals surface area contributed by atoms with Crippen LogP contribution in [0.1, 0.15) is 0 Å². The quantitative estimate of drug-likeness (QED) is 0.393. The van der Waals surface area contributed by atoms with E-state index in [4.69, 9.17) is 0 Å². The molecule has 0 amide bonds. The largest absolute Gasteiger partial charge is 0.133 e. The van der Waals surface area contributed by atoms with Crippen LogP contribution in [0.3, 0.4) is 0 Å². The van der Waals surface area contributed by atoms with Crippen molar-refractivity contribution in [3.05, 3.63) is 22.9 Å². The van der Waals surface area contributed by atoms with Crippen molar-refractivity contribution in [1.82, 2.24) is 0 Å². The lowest BCUT2D eigenvalue weighted by Crippen LogP contribution is -1.52. The molecule has 4 aromatic heterocycles. The van der Waals surface area contributed by atoms with E-state index in [9.17, 15) is 0 Å². The van der Waals surface area contributed by atoms with E-state index in [1.807, 2.05) is 45.3 Å². The first kappa shape index (κ1) is 7.82. The van der Waals surface area contributed by atoms with Crippen LogP contribution in [0.5, 0.6) is 0 Å². The van der Waals surface area contributed by atoms with Crippen LogP contribution >= 0.6 is 45.3 Å². The Morgan fingerprint density at radius 1 is 0.714 bits per heavy atom. The fraction of sp³-hybridized carbons (Fsp3) is 0. The highest BCUT2D eigenvalue weighted by Gasteiger charge is 2.12. The van der Waals surface area contributed by atoms with Gasteiger partial charge in [-0.3, -0.25) is 0 Å². The molecule has 0 saturated heterocycles. The summed E-state index contributed by atoms with van der Waals surface area (Å²) in [5.74, 6) is 0. The summed E-state index contributed by atoms with van der Waals surface area (Å²) in [5, 5.41) is 8.79. The van der Waals surface area contributed by atoms with Crippen LogP contribution in [-0.2, 0) is 0 Å². The van der Waals surface area contributed by atoms with Crippen molar-refractivity contribution in [1.29, 1.82) is 0 Å². The van der Waals surface area contributed by atoms with Crippen LogP contribution in [0.2, 0.25) is 0 Å². The highest BCUT2D eigenvalue weighted by atomic mass is 32.2. The topological polar surface area (TPSA) is 0 Å². The molecule has 0 aliphatic carbocycles. The third-order valence-electron chi connectivity index (χ3n) is 2.37. The molecule has 0 bridgehead atoms. The summed E-state index contributed by atoms with van der Waals surface area (Å²) in [5.41, 5.74) is 0. The van der Waals surface area contributed by atoms with Crippen molar-refractivity contribution in [3.8, 4) is 0 Å². The van der Waals surface area contributed by atoms with Gasteiger partial charge < -0.3 is 0 Å². The summed E-state index contributed by atoms with van der Waals surface area (Å²) in [6.07, 6.45) is 0. The van der Waals surface area contributed by atoms with Gasteiger partial charge in [-0.2, -0.15) is 0 Å². The monoisotopic (exact) mass is 252 g/mol. The fourth-order valence-electron chi connectivity index (χ4n) is 1.78.